The Hall–Kier alpha value is -1.71. The first kappa shape index (κ1) is 15.3. The van der Waals surface area contributed by atoms with Gasteiger partial charge in [0.25, 0.3) is 5.69 Å². The molecule has 0 spiro atoms. The lowest BCUT2D eigenvalue weighted by atomic mass is 10.3. The second-order valence-corrected chi connectivity index (χ2v) is 5.71. The van der Waals surface area contributed by atoms with Crippen LogP contribution in [0.3, 0.4) is 0 Å². The van der Waals surface area contributed by atoms with Crippen LogP contribution in [0.1, 0.15) is 0 Å². The molecule has 3 N–H and O–H groups in total. The lowest BCUT2D eigenvalue weighted by molar-refractivity contribution is -0.385. The number of hydrogen-bond acceptors (Lipinski definition) is 7. The lowest BCUT2D eigenvalue weighted by Crippen LogP contribution is -2.15. The average molecular weight is 290 g/mol. The number of non-ortho nitro benzene ring substituents is 1. The van der Waals surface area contributed by atoms with E-state index >= 15 is 0 Å². The van der Waals surface area contributed by atoms with Gasteiger partial charge in [0.15, 0.2) is 9.84 Å². The first-order valence-electron chi connectivity index (χ1n) is 5.39. The van der Waals surface area contributed by atoms with Crippen LogP contribution < -0.4 is 5.32 Å². The van der Waals surface area contributed by atoms with E-state index in [1.54, 1.807) is 0 Å². The summed E-state index contributed by atoms with van der Waals surface area (Å²) in [5.41, 5.74) is -0.195. The van der Waals surface area contributed by atoms with Gasteiger partial charge in [-0.05, 0) is 6.07 Å². The summed E-state index contributed by atoms with van der Waals surface area (Å²) in [5, 5.41) is 30.8. The molecule has 1 aromatic carbocycles. The predicted molar refractivity (Wildman–Crippen MR) is 67.8 cm³/mol. The molecule has 0 atom stereocenters. The highest BCUT2D eigenvalue weighted by Gasteiger charge is 2.21. The number of nitrogens with zero attached hydrogens (tertiary/aromatic N) is 1. The third-order valence-electron chi connectivity index (χ3n) is 2.30. The summed E-state index contributed by atoms with van der Waals surface area (Å²) in [6.07, 6.45) is 0. The van der Waals surface area contributed by atoms with Crippen LogP contribution in [0.15, 0.2) is 23.1 Å². The van der Waals surface area contributed by atoms with Crippen molar-refractivity contribution in [2.75, 3.05) is 30.8 Å². The monoisotopic (exact) mass is 290 g/mol. The van der Waals surface area contributed by atoms with Crippen molar-refractivity contribution in [2.24, 2.45) is 0 Å². The van der Waals surface area contributed by atoms with Crippen LogP contribution in [0.5, 0.6) is 0 Å². The normalized spacial score (nSPS) is 11.3. The van der Waals surface area contributed by atoms with Gasteiger partial charge in [0.2, 0.25) is 0 Å². The van der Waals surface area contributed by atoms with Crippen LogP contribution in [0.2, 0.25) is 0 Å². The van der Waals surface area contributed by atoms with Crippen LogP contribution in [0, 0.1) is 10.1 Å². The molecule has 0 fully saturated rings. The molecule has 0 aromatic heterocycles. The number of hydrogen-bond donors (Lipinski definition) is 3. The number of sulfone groups is 1. The van der Waals surface area contributed by atoms with Gasteiger partial charge in [-0.2, -0.15) is 0 Å². The number of aliphatic hydroxyl groups excluding tert-OH is 2. The van der Waals surface area contributed by atoms with E-state index in [4.69, 9.17) is 10.2 Å². The van der Waals surface area contributed by atoms with E-state index in [1.807, 2.05) is 0 Å². The van der Waals surface area contributed by atoms with E-state index in [0.29, 0.717) is 0 Å². The van der Waals surface area contributed by atoms with Gasteiger partial charge in [-0.3, -0.25) is 10.1 Å². The van der Waals surface area contributed by atoms with E-state index in [1.165, 1.54) is 6.07 Å². The fourth-order valence-electron chi connectivity index (χ4n) is 1.45. The maximum absolute atomic E-state index is 11.9. The zero-order chi connectivity index (χ0) is 14.5. The topological polar surface area (TPSA) is 130 Å². The van der Waals surface area contributed by atoms with E-state index in [0.717, 1.165) is 12.1 Å². The molecule has 0 radical (unpaired) electrons. The number of anilines is 1. The van der Waals surface area contributed by atoms with Crippen LogP contribution in [-0.4, -0.2) is 49.1 Å². The van der Waals surface area contributed by atoms with Gasteiger partial charge in [0, 0.05) is 18.7 Å². The minimum atomic E-state index is -3.83. The van der Waals surface area contributed by atoms with Crippen LogP contribution in [-0.2, 0) is 9.84 Å². The smallest absolute Gasteiger partial charge is 0.270 e. The van der Waals surface area contributed by atoms with Gasteiger partial charge in [-0.1, -0.05) is 0 Å². The molecule has 9 heteroatoms. The van der Waals surface area contributed by atoms with Crippen molar-refractivity contribution >= 4 is 21.2 Å². The molecular weight excluding hydrogens is 276 g/mol. The molecule has 0 amide bonds. The Morgan fingerprint density at radius 3 is 2.47 bits per heavy atom. The number of aliphatic hydroxyl groups is 2. The molecule has 0 aliphatic rings. The van der Waals surface area contributed by atoms with Crippen molar-refractivity contribution in [2.45, 2.75) is 4.90 Å². The molecule has 0 aliphatic heterocycles. The maximum atomic E-state index is 11.9. The Kier molecular flexibility index (Phi) is 5.21. The van der Waals surface area contributed by atoms with Gasteiger partial charge in [0.1, 0.15) is 0 Å². The van der Waals surface area contributed by atoms with E-state index < -0.39 is 27.1 Å². The fraction of sp³-hybridized carbons (Fsp3) is 0.400. The number of benzene rings is 1. The van der Waals surface area contributed by atoms with E-state index in [2.05, 4.69) is 5.32 Å². The van der Waals surface area contributed by atoms with E-state index in [-0.39, 0.29) is 29.4 Å². The van der Waals surface area contributed by atoms with Gasteiger partial charge in [-0.15, -0.1) is 0 Å². The fourth-order valence-corrected chi connectivity index (χ4v) is 2.68. The molecule has 0 unspecified atom stereocenters. The summed E-state index contributed by atoms with van der Waals surface area (Å²) in [4.78, 5) is 9.70. The van der Waals surface area contributed by atoms with Gasteiger partial charge in [-0.25, -0.2) is 8.42 Å². The van der Waals surface area contributed by atoms with Crippen molar-refractivity contribution in [1.29, 1.82) is 0 Å². The number of nitro groups is 1. The zero-order valence-corrected chi connectivity index (χ0v) is 10.8. The minimum Gasteiger partial charge on any atom is -0.395 e. The summed E-state index contributed by atoms with van der Waals surface area (Å²) in [7, 11) is -3.83. The number of rotatable bonds is 7. The molecular formula is C10H14N2O6S. The Labute approximate surface area is 109 Å². The van der Waals surface area contributed by atoms with Gasteiger partial charge < -0.3 is 15.5 Å². The molecule has 1 rings (SSSR count). The first-order chi connectivity index (χ1) is 8.92. The zero-order valence-electron chi connectivity index (χ0n) is 9.94. The molecule has 0 aliphatic carbocycles. The number of nitro benzene ring substituents is 1. The summed E-state index contributed by atoms with van der Waals surface area (Å²) in [6.45, 7) is -0.680. The first-order valence-corrected chi connectivity index (χ1v) is 7.04. The minimum absolute atomic E-state index is 0.111. The summed E-state index contributed by atoms with van der Waals surface area (Å²) < 4.78 is 23.8. The second kappa shape index (κ2) is 6.45. The summed E-state index contributed by atoms with van der Waals surface area (Å²) in [5.74, 6) is -0.526. The SMILES string of the molecule is O=[N+]([O-])c1ccc(NCCO)c(S(=O)(=O)CCO)c1. The van der Waals surface area contributed by atoms with Crippen molar-refractivity contribution in [3.8, 4) is 0 Å². The molecule has 0 saturated heterocycles. The number of nitrogens with one attached hydrogen (secondary N) is 1. The highest BCUT2D eigenvalue weighted by molar-refractivity contribution is 7.91. The Morgan fingerprint density at radius 1 is 1.26 bits per heavy atom. The third kappa shape index (κ3) is 3.88. The highest BCUT2D eigenvalue weighted by Crippen LogP contribution is 2.27. The quantitative estimate of drug-likeness (QED) is 0.467. The molecule has 0 heterocycles. The van der Waals surface area contributed by atoms with Crippen LogP contribution in [0.25, 0.3) is 0 Å². The van der Waals surface area contributed by atoms with Gasteiger partial charge in [0.05, 0.1) is 34.5 Å². The second-order valence-electron chi connectivity index (χ2n) is 3.63. The third-order valence-corrected chi connectivity index (χ3v) is 4.03. The van der Waals surface area contributed by atoms with Crippen molar-refractivity contribution in [3.05, 3.63) is 28.3 Å². The van der Waals surface area contributed by atoms with Crippen LogP contribution >= 0.6 is 0 Å². The van der Waals surface area contributed by atoms with Gasteiger partial charge >= 0.3 is 0 Å². The maximum Gasteiger partial charge on any atom is 0.270 e. The highest BCUT2D eigenvalue weighted by atomic mass is 32.2. The van der Waals surface area contributed by atoms with Crippen molar-refractivity contribution in [3.63, 3.8) is 0 Å². The summed E-state index contributed by atoms with van der Waals surface area (Å²) in [6, 6.07) is 3.36. The molecule has 8 nitrogen and oxygen atoms in total. The van der Waals surface area contributed by atoms with Crippen molar-refractivity contribution < 1.29 is 23.6 Å². The van der Waals surface area contributed by atoms with Crippen molar-refractivity contribution in [1.82, 2.24) is 0 Å². The lowest BCUT2D eigenvalue weighted by Gasteiger charge is -2.11. The summed E-state index contributed by atoms with van der Waals surface area (Å²) >= 11 is 0. The Balaban J connectivity index is 3.29. The van der Waals surface area contributed by atoms with E-state index in [9.17, 15) is 18.5 Å². The largest absolute Gasteiger partial charge is 0.395 e. The predicted octanol–water partition coefficient (Wildman–Crippen LogP) is -0.235. The molecule has 1 aromatic rings. The Morgan fingerprint density at radius 2 is 1.95 bits per heavy atom. The average Bonchev–Trinajstić information content (AvgIpc) is 2.35. The standard InChI is InChI=1S/C10H14N2O6S/c13-4-3-11-9-2-1-8(12(15)16)7-10(9)19(17,18)6-5-14/h1-2,7,11,13-14H,3-6H2. The molecule has 0 saturated carbocycles. The molecule has 19 heavy (non-hydrogen) atoms. The van der Waals surface area contributed by atoms with Crippen LogP contribution in [0.4, 0.5) is 11.4 Å². The molecule has 0 bridgehead atoms. The molecule has 106 valence electrons. The Bertz CT molecular complexity index is 557.